The molecule has 0 radical (unpaired) electrons. The van der Waals surface area contributed by atoms with Gasteiger partial charge in [0.1, 0.15) is 11.8 Å². The van der Waals surface area contributed by atoms with Crippen LogP contribution < -0.4 is 25.2 Å². The molecule has 0 spiro atoms. The summed E-state index contributed by atoms with van der Waals surface area (Å²) in [6, 6.07) is 16.3. The third kappa shape index (κ3) is 5.31. The zero-order valence-corrected chi connectivity index (χ0v) is 27.7. The van der Waals surface area contributed by atoms with Crippen LogP contribution in [0.5, 0.6) is 5.75 Å². The van der Waals surface area contributed by atoms with Crippen LogP contribution in [-0.4, -0.2) is 50.5 Å². The van der Waals surface area contributed by atoms with E-state index in [4.69, 9.17) is 4.74 Å². The predicted octanol–water partition coefficient (Wildman–Crippen LogP) is 5.80. The zero-order chi connectivity index (χ0) is 31.5. The molecule has 1 heterocycles. The molecule has 9 heteroatoms. The number of likely N-dealkylation sites (N-methyl/N-ethyl adjacent to an activating group) is 1. The van der Waals surface area contributed by atoms with Crippen LogP contribution in [0.3, 0.4) is 0 Å². The lowest BCUT2D eigenvalue weighted by Gasteiger charge is -2.56. The first-order valence-corrected chi connectivity index (χ1v) is 16.9. The van der Waals surface area contributed by atoms with Crippen molar-refractivity contribution in [3.8, 4) is 5.75 Å². The molecule has 8 rings (SSSR count). The number of hydrogen-bond donors (Lipinski definition) is 2. The molecule has 0 unspecified atom stereocenters. The number of anilines is 2. The fourth-order valence-electron chi connectivity index (χ4n) is 8.99. The van der Waals surface area contributed by atoms with Crippen LogP contribution in [0.15, 0.2) is 59.1 Å². The van der Waals surface area contributed by atoms with Gasteiger partial charge < -0.3 is 25.2 Å². The summed E-state index contributed by atoms with van der Waals surface area (Å²) in [6.45, 7) is 2.07. The number of halogens is 1. The highest BCUT2D eigenvalue weighted by atomic mass is 79.9. The summed E-state index contributed by atoms with van der Waals surface area (Å²) in [7, 11) is 3.35. The highest BCUT2D eigenvalue weighted by Crippen LogP contribution is 2.61. The lowest BCUT2D eigenvalue weighted by molar-refractivity contribution is -0.143. The summed E-state index contributed by atoms with van der Waals surface area (Å²) in [4.78, 5) is 46.4. The maximum Gasteiger partial charge on any atom is 0.251 e. The smallest absolute Gasteiger partial charge is 0.251 e. The quantitative estimate of drug-likeness (QED) is 0.331. The van der Waals surface area contributed by atoms with Crippen molar-refractivity contribution in [3.63, 3.8) is 0 Å². The lowest BCUT2D eigenvalue weighted by Crippen LogP contribution is -2.59. The van der Waals surface area contributed by atoms with E-state index < -0.39 is 17.5 Å². The molecule has 4 fully saturated rings. The zero-order valence-electron chi connectivity index (χ0n) is 26.1. The second kappa shape index (κ2) is 11.7. The highest BCUT2D eigenvalue weighted by Gasteiger charge is 2.56. The van der Waals surface area contributed by atoms with Gasteiger partial charge >= 0.3 is 0 Å². The van der Waals surface area contributed by atoms with Crippen LogP contribution in [0.25, 0.3) is 10.8 Å². The standard InChI is InChI=1S/C36H41BrN4O4/c1-21(38-2)33(42)39-29-20-41(35(44)36-16-22-12-23(17-36)14-24(13-22)18-36)31-7-5-4-6-30(31)40(34(29)43)19-28-27-10-9-26(37)15-25(27)8-11-32(28)45-3/h4-11,15,21-24,29,38H,12-14,16-20H2,1-3H3,(H,39,42)/t21-,22?,23?,24?,29-,36?/m0/s1. The molecule has 0 aromatic heterocycles. The second-order valence-electron chi connectivity index (χ2n) is 13.7. The summed E-state index contributed by atoms with van der Waals surface area (Å²) in [5.41, 5.74) is 1.83. The first-order chi connectivity index (χ1) is 21.7. The van der Waals surface area contributed by atoms with Crippen LogP contribution >= 0.6 is 15.9 Å². The van der Waals surface area contributed by atoms with Crippen molar-refractivity contribution in [2.75, 3.05) is 30.5 Å². The van der Waals surface area contributed by atoms with E-state index in [9.17, 15) is 14.4 Å². The average molecular weight is 674 g/mol. The summed E-state index contributed by atoms with van der Waals surface area (Å²) in [6.07, 6.45) is 6.47. The Morgan fingerprint density at radius 3 is 2.31 bits per heavy atom. The van der Waals surface area contributed by atoms with E-state index in [0.717, 1.165) is 40.1 Å². The molecule has 3 amide bonds. The second-order valence-corrected chi connectivity index (χ2v) is 14.6. The average Bonchev–Trinajstić information content (AvgIpc) is 3.14. The van der Waals surface area contributed by atoms with Crippen molar-refractivity contribution in [1.29, 1.82) is 0 Å². The number of para-hydroxylation sites is 2. The molecular weight excluding hydrogens is 632 g/mol. The van der Waals surface area contributed by atoms with Gasteiger partial charge in [-0.25, -0.2) is 0 Å². The van der Waals surface area contributed by atoms with E-state index in [1.54, 1.807) is 26.0 Å². The third-order valence-electron chi connectivity index (χ3n) is 10.9. The number of hydrogen-bond acceptors (Lipinski definition) is 5. The Morgan fingerprint density at radius 1 is 1.00 bits per heavy atom. The van der Waals surface area contributed by atoms with Crippen molar-refractivity contribution in [2.45, 2.75) is 64.1 Å². The van der Waals surface area contributed by atoms with Crippen LogP contribution in [-0.2, 0) is 20.9 Å². The van der Waals surface area contributed by atoms with Gasteiger partial charge in [-0.2, -0.15) is 0 Å². The van der Waals surface area contributed by atoms with Gasteiger partial charge in [0.25, 0.3) is 5.91 Å². The Morgan fingerprint density at radius 2 is 1.67 bits per heavy atom. The van der Waals surface area contributed by atoms with Gasteiger partial charge in [0.05, 0.1) is 43.0 Å². The Bertz CT molecular complexity index is 1640. The molecule has 0 saturated heterocycles. The fourth-order valence-corrected chi connectivity index (χ4v) is 9.37. The van der Waals surface area contributed by atoms with Crippen molar-refractivity contribution < 1.29 is 19.1 Å². The molecule has 4 aliphatic carbocycles. The lowest BCUT2D eigenvalue weighted by atomic mass is 9.49. The number of nitrogens with one attached hydrogen (secondary N) is 2. The number of benzene rings is 3. The Kier molecular flexibility index (Phi) is 7.89. The molecule has 236 valence electrons. The minimum Gasteiger partial charge on any atom is -0.496 e. The number of carbonyl (C=O) groups is 3. The molecule has 1 aliphatic heterocycles. The van der Waals surface area contributed by atoms with Crippen LogP contribution in [0.2, 0.25) is 0 Å². The minimum absolute atomic E-state index is 0.0920. The molecule has 2 atom stereocenters. The largest absolute Gasteiger partial charge is 0.496 e. The molecule has 4 saturated carbocycles. The monoisotopic (exact) mass is 672 g/mol. The van der Waals surface area contributed by atoms with E-state index in [1.807, 2.05) is 59.5 Å². The molecule has 5 aliphatic rings. The number of ether oxygens (including phenoxy) is 1. The third-order valence-corrected chi connectivity index (χ3v) is 11.4. The summed E-state index contributed by atoms with van der Waals surface area (Å²) in [5.74, 6) is 2.05. The van der Waals surface area contributed by atoms with Crippen molar-refractivity contribution in [2.24, 2.45) is 23.2 Å². The topological polar surface area (TPSA) is 91.0 Å². The Hall–Kier alpha value is -3.43. The van der Waals surface area contributed by atoms with Gasteiger partial charge in [0, 0.05) is 10.0 Å². The van der Waals surface area contributed by atoms with Gasteiger partial charge in [-0.05, 0) is 111 Å². The molecule has 2 N–H and O–H groups in total. The van der Waals surface area contributed by atoms with E-state index in [-0.39, 0.29) is 30.8 Å². The first-order valence-electron chi connectivity index (χ1n) is 16.1. The Balaban J connectivity index is 1.33. The van der Waals surface area contributed by atoms with Gasteiger partial charge in [-0.1, -0.05) is 40.2 Å². The van der Waals surface area contributed by atoms with Gasteiger partial charge in [-0.15, -0.1) is 0 Å². The number of amides is 3. The fraction of sp³-hybridized carbons (Fsp3) is 0.472. The molecule has 3 aromatic carbocycles. The summed E-state index contributed by atoms with van der Waals surface area (Å²) in [5, 5.41) is 7.98. The maximum atomic E-state index is 14.9. The number of fused-ring (bicyclic) bond motifs is 2. The number of methoxy groups -OCH3 is 1. The summed E-state index contributed by atoms with van der Waals surface area (Å²) >= 11 is 3.58. The van der Waals surface area contributed by atoms with Gasteiger partial charge in [-0.3, -0.25) is 14.4 Å². The van der Waals surface area contributed by atoms with Crippen LogP contribution in [0.4, 0.5) is 11.4 Å². The number of nitrogens with zero attached hydrogens (tertiary/aromatic N) is 2. The van der Waals surface area contributed by atoms with Crippen LogP contribution in [0.1, 0.15) is 51.0 Å². The normalized spacial score (nSPS) is 27.7. The molecule has 4 bridgehead atoms. The first kappa shape index (κ1) is 30.2. The minimum atomic E-state index is -0.923. The molecule has 8 nitrogen and oxygen atoms in total. The SMILES string of the molecule is CN[C@@H](C)C(=O)N[C@H]1CN(C(=O)C23CC4CC(CC(C4)C2)C3)c2ccccc2N(Cc2c(OC)ccc3cc(Br)ccc23)C1=O. The van der Waals surface area contributed by atoms with Gasteiger partial charge in [0.2, 0.25) is 11.8 Å². The predicted molar refractivity (Wildman–Crippen MR) is 179 cm³/mol. The molecular formula is C36H41BrN4O4. The van der Waals surface area contributed by atoms with E-state index >= 15 is 0 Å². The number of rotatable bonds is 7. The van der Waals surface area contributed by atoms with Gasteiger partial charge in [0.15, 0.2) is 0 Å². The van der Waals surface area contributed by atoms with E-state index in [1.165, 1.54) is 19.3 Å². The van der Waals surface area contributed by atoms with Crippen molar-refractivity contribution in [3.05, 3.63) is 64.6 Å². The van der Waals surface area contributed by atoms with E-state index in [2.05, 4.69) is 26.6 Å². The molecule has 3 aromatic rings. The maximum absolute atomic E-state index is 14.9. The molecule has 45 heavy (non-hydrogen) atoms. The van der Waals surface area contributed by atoms with Crippen molar-refractivity contribution >= 4 is 55.8 Å². The number of carbonyl (C=O) groups excluding carboxylic acids is 3. The summed E-state index contributed by atoms with van der Waals surface area (Å²) < 4.78 is 6.78. The van der Waals surface area contributed by atoms with E-state index in [0.29, 0.717) is 34.9 Å². The van der Waals surface area contributed by atoms with Crippen molar-refractivity contribution in [1.82, 2.24) is 10.6 Å². The highest BCUT2D eigenvalue weighted by molar-refractivity contribution is 9.10. The van der Waals surface area contributed by atoms with Crippen LogP contribution in [0, 0.1) is 23.2 Å². The Labute approximate surface area is 273 Å².